The van der Waals surface area contributed by atoms with E-state index in [1.54, 1.807) is 49.6 Å². The molecule has 1 atom stereocenters. The molecule has 27 heavy (non-hydrogen) atoms. The summed E-state index contributed by atoms with van der Waals surface area (Å²) in [7, 11) is 1.57. The van der Waals surface area contributed by atoms with Gasteiger partial charge in [-0.05, 0) is 24.1 Å². The minimum atomic E-state index is -0.769. The lowest BCUT2D eigenvalue weighted by atomic mass is 9.95. The third-order valence-electron chi connectivity index (χ3n) is 4.52. The number of methoxy groups -OCH3 is 1. The van der Waals surface area contributed by atoms with Crippen molar-refractivity contribution in [3.8, 4) is 5.75 Å². The lowest BCUT2D eigenvalue weighted by molar-refractivity contribution is -0.140. The number of aliphatic hydroxyl groups excluding tert-OH is 1. The summed E-state index contributed by atoms with van der Waals surface area (Å²) in [5.74, 6) is -1.61. The van der Waals surface area contributed by atoms with Gasteiger partial charge in [-0.25, -0.2) is 0 Å². The van der Waals surface area contributed by atoms with Gasteiger partial charge >= 0.3 is 0 Å². The SMILES string of the molecule is COCCCN1C(=O)C(=O)C(=C(O)c2ccccc2)[C@H]1c1cccc(O)c1. The summed E-state index contributed by atoms with van der Waals surface area (Å²) in [4.78, 5) is 26.8. The van der Waals surface area contributed by atoms with Gasteiger partial charge in [-0.15, -0.1) is 0 Å². The smallest absolute Gasteiger partial charge is 0.295 e. The van der Waals surface area contributed by atoms with Crippen molar-refractivity contribution < 1.29 is 24.5 Å². The second-order valence-corrected chi connectivity index (χ2v) is 6.30. The van der Waals surface area contributed by atoms with E-state index in [0.717, 1.165) is 0 Å². The first-order chi connectivity index (χ1) is 13.0. The van der Waals surface area contributed by atoms with Crippen molar-refractivity contribution in [1.29, 1.82) is 0 Å². The number of nitrogens with zero attached hydrogens (tertiary/aromatic N) is 1. The van der Waals surface area contributed by atoms with Gasteiger partial charge in [-0.1, -0.05) is 42.5 Å². The van der Waals surface area contributed by atoms with Gasteiger partial charge < -0.3 is 19.8 Å². The van der Waals surface area contributed by atoms with Gasteiger partial charge in [0.05, 0.1) is 11.6 Å². The molecule has 0 saturated carbocycles. The summed E-state index contributed by atoms with van der Waals surface area (Å²) in [5, 5.41) is 20.7. The molecular weight excluding hydrogens is 346 g/mol. The van der Waals surface area contributed by atoms with E-state index in [2.05, 4.69) is 0 Å². The average Bonchev–Trinajstić information content (AvgIpc) is 2.93. The molecule has 0 bridgehead atoms. The van der Waals surface area contributed by atoms with Crippen LogP contribution in [-0.4, -0.2) is 47.1 Å². The van der Waals surface area contributed by atoms with E-state index in [1.165, 1.54) is 17.0 Å². The Morgan fingerprint density at radius 1 is 1.11 bits per heavy atom. The fourth-order valence-electron chi connectivity index (χ4n) is 3.28. The van der Waals surface area contributed by atoms with Crippen molar-refractivity contribution in [2.45, 2.75) is 12.5 Å². The maximum absolute atomic E-state index is 12.7. The van der Waals surface area contributed by atoms with Crippen LogP contribution in [0, 0.1) is 0 Å². The molecule has 1 fully saturated rings. The summed E-state index contributed by atoms with van der Waals surface area (Å²) in [6.45, 7) is 0.735. The monoisotopic (exact) mass is 367 g/mol. The number of benzene rings is 2. The number of rotatable bonds is 6. The Kier molecular flexibility index (Phi) is 5.57. The van der Waals surface area contributed by atoms with E-state index in [1.807, 2.05) is 0 Å². The van der Waals surface area contributed by atoms with Crippen LogP contribution in [-0.2, 0) is 14.3 Å². The van der Waals surface area contributed by atoms with Crippen LogP contribution in [0.25, 0.3) is 5.76 Å². The highest BCUT2D eigenvalue weighted by Gasteiger charge is 2.45. The minimum Gasteiger partial charge on any atom is -0.508 e. The van der Waals surface area contributed by atoms with Gasteiger partial charge in [-0.2, -0.15) is 0 Å². The predicted octanol–water partition coefficient (Wildman–Crippen LogP) is 2.85. The van der Waals surface area contributed by atoms with Gasteiger partial charge in [0.25, 0.3) is 11.7 Å². The van der Waals surface area contributed by atoms with Gasteiger partial charge in [-0.3, -0.25) is 9.59 Å². The molecule has 140 valence electrons. The highest BCUT2D eigenvalue weighted by molar-refractivity contribution is 6.46. The molecule has 2 aromatic carbocycles. The molecule has 6 nitrogen and oxygen atoms in total. The van der Waals surface area contributed by atoms with Crippen LogP contribution in [0.15, 0.2) is 60.2 Å². The number of ketones is 1. The van der Waals surface area contributed by atoms with Crippen LogP contribution in [0.3, 0.4) is 0 Å². The topological polar surface area (TPSA) is 87.1 Å². The summed E-state index contributed by atoms with van der Waals surface area (Å²) >= 11 is 0. The molecular formula is C21H21NO5. The van der Waals surface area contributed by atoms with Gasteiger partial charge in [0.15, 0.2) is 0 Å². The number of carbonyl (C=O) groups excluding carboxylic acids is 2. The van der Waals surface area contributed by atoms with Gasteiger partial charge in [0.1, 0.15) is 11.5 Å². The molecule has 2 N–H and O–H groups in total. The Balaban J connectivity index is 2.12. The molecule has 1 heterocycles. The number of aromatic hydroxyl groups is 1. The number of Topliss-reactive ketones (excluding diaryl/α,β-unsaturated/α-hetero) is 1. The van der Waals surface area contributed by atoms with Crippen molar-refractivity contribution in [3.05, 3.63) is 71.3 Å². The number of amides is 1. The molecule has 1 aliphatic heterocycles. The second kappa shape index (κ2) is 8.05. The van der Waals surface area contributed by atoms with E-state index >= 15 is 0 Å². The molecule has 0 radical (unpaired) electrons. The van der Waals surface area contributed by atoms with Crippen molar-refractivity contribution in [1.82, 2.24) is 4.90 Å². The maximum Gasteiger partial charge on any atom is 0.295 e. The zero-order valence-electron chi connectivity index (χ0n) is 15.0. The van der Waals surface area contributed by atoms with E-state index in [4.69, 9.17) is 4.74 Å². The molecule has 1 saturated heterocycles. The first-order valence-corrected chi connectivity index (χ1v) is 8.66. The first kappa shape index (κ1) is 18.7. The third kappa shape index (κ3) is 3.71. The number of hydrogen-bond acceptors (Lipinski definition) is 5. The lowest BCUT2D eigenvalue weighted by Gasteiger charge is -2.25. The standard InChI is InChI=1S/C21H21NO5/c1-27-12-6-11-22-18(15-9-5-10-16(23)13-15)17(20(25)21(22)26)19(24)14-7-3-2-4-8-14/h2-5,7-10,13,18,23-24H,6,11-12H2,1H3/t18-/m1/s1. The average molecular weight is 367 g/mol. The predicted molar refractivity (Wildman–Crippen MR) is 100 cm³/mol. The molecule has 1 amide bonds. The van der Waals surface area contributed by atoms with E-state index in [9.17, 15) is 19.8 Å². The van der Waals surface area contributed by atoms with Gasteiger partial charge in [0, 0.05) is 25.8 Å². The highest BCUT2D eigenvalue weighted by Crippen LogP contribution is 2.40. The Hall–Kier alpha value is -3.12. The number of ether oxygens (including phenoxy) is 1. The van der Waals surface area contributed by atoms with Crippen LogP contribution in [0.1, 0.15) is 23.6 Å². The molecule has 0 spiro atoms. The van der Waals surface area contributed by atoms with E-state index in [-0.39, 0.29) is 17.1 Å². The maximum atomic E-state index is 12.7. The molecule has 1 aliphatic rings. The Morgan fingerprint density at radius 3 is 2.52 bits per heavy atom. The van der Waals surface area contributed by atoms with E-state index in [0.29, 0.717) is 30.7 Å². The van der Waals surface area contributed by atoms with Crippen molar-refractivity contribution in [2.75, 3.05) is 20.3 Å². The van der Waals surface area contributed by atoms with Crippen LogP contribution >= 0.6 is 0 Å². The van der Waals surface area contributed by atoms with Crippen molar-refractivity contribution in [3.63, 3.8) is 0 Å². The molecule has 2 aromatic rings. The fourth-order valence-corrected chi connectivity index (χ4v) is 3.28. The molecule has 6 heteroatoms. The number of hydrogen-bond donors (Lipinski definition) is 2. The number of carbonyl (C=O) groups is 2. The summed E-state index contributed by atoms with van der Waals surface area (Å²) < 4.78 is 5.04. The summed E-state index contributed by atoms with van der Waals surface area (Å²) in [6, 6.07) is 14.2. The largest absolute Gasteiger partial charge is 0.508 e. The summed E-state index contributed by atoms with van der Waals surface area (Å²) in [5.41, 5.74) is 1.04. The quantitative estimate of drug-likeness (QED) is 0.355. The number of phenols is 1. The minimum absolute atomic E-state index is 0.0224. The molecule has 0 aromatic heterocycles. The molecule has 0 aliphatic carbocycles. The number of phenolic OH excluding ortho intramolecular Hbond substituents is 1. The Labute approximate surface area is 157 Å². The Bertz CT molecular complexity index is 875. The zero-order chi connectivity index (χ0) is 19.4. The Morgan fingerprint density at radius 2 is 1.85 bits per heavy atom. The van der Waals surface area contributed by atoms with Crippen LogP contribution in [0.4, 0.5) is 0 Å². The van der Waals surface area contributed by atoms with Crippen molar-refractivity contribution in [2.24, 2.45) is 0 Å². The molecule has 3 rings (SSSR count). The summed E-state index contributed by atoms with van der Waals surface area (Å²) in [6.07, 6.45) is 0.546. The van der Waals surface area contributed by atoms with Gasteiger partial charge in [0.2, 0.25) is 0 Å². The fraction of sp³-hybridized carbons (Fsp3) is 0.238. The number of aliphatic hydroxyl groups is 1. The first-order valence-electron chi connectivity index (χ1n) is 8.66. The van der Waals surface area contributed by atoms with Crippen LogP contribution < -0.4 is 0 Å². The van der Waals surface area contributed by atoms with Crippen LogP contribution in [0.2, 0.25) is 0 Å². The third-order valence-corrected chi connectivity index (χ3v) is 4.52. The van der Waals surface area contributed by atoms with E-state index < -0.39 is 17.7 Å². The normalized spacial score (nSPS) is 18.9. The van der Waals surface area contributed by atoms with Crippen LogP contribution in [0.5, 0.6) is 5.75 Å². The molecule has 0 unspecified atom stereocenters. The lowest BCUT2D eigenvalue weighted by Crippen LogP contribution is -2.31. The van der Waals surface area contributed by atoms with Crippen molar-refractivity contribution >= 4 is 17.4 Å². The zero-order valence-corrected chi connectivity index (χ0v) is 15.0. The second-order valence-electron chi connectivity index (χ2n) is 6.30. The number of likely N-dealkylation sites (tertiary alicyclic amines) is 1. The highest BCUT2D eigenvalue weighted by atomic mass is 16.5.